The number of aromatic hydroxyl groups is 1. The molecular formula is C19H19N3O4S2. The van der Waals surface area contributed by atoms with Crippen molar-refractivity contribution in [3.05, 3.63) is 70.7 Å². The molecule has 2 N–H and O–H groups in total. The third-order valence-electron chi connectivity index (χ3n) is 3.85. The SMILES string of the molecule is Cc1sc(N(Cc2ccccc2)c2ccc(O)cc2)nc1C(=O)NS(C)(=O)=O. The van der Waals surface area contributed by atoms with Crippen molar-refractivity contribution >= 4 is 38.1 Å². The topological polar surface area (TPSA) is 99.6 Å². The number of hydrogen-bond acceptors (Lipinski definition) is 7. The summed E-state index contributed by atoms with van der Waals surface area (Å²) in [6.07, 6.45) is 0.922. The Bertz CT molecular complexity index is 1080. The number of phenols is 1. The van der Waals surface area contributed by atoms with E-state index in [1.165, 1.54) is 11.3 Å². The fraction of sp³-hybridized carbons (Fsp3) is 0.158. The normalized spacial score (nSPS) is 11.2. The summed E-state index contributed by atoms with van der Waals surface area (Å²) >= 11 is 1.29. The minimum Gasteiger partial charge on any atom is -0.508 e. The lowest BCUT2D eigenvalue weighted by Crippen LogP contribution is -2.30. The number of nitrogens with zero attached hydrogens (tertiary/aromatic N) is 2. The van der Waals surface area contributed by atoms with Gasteiger partial charge in [-0.1, -0.05) is 30.3 Å². The number of carbonyl (C=O) groups is 1. The lowest BCUT2D eigenvalue weighted by Gasteiger charge is -2.22. The molecule has 0 aliphatic carbocycles. The summed E-state index contributed by atoms with van der Waals surface area (Å²) in [6, 6.07) is 16.4. The Morgan fingerprint density at radius 3 is 2.39 bits per heavy atom. The highest BCUT2D eigenvalue weighted by molar-refractivity contribution is 7.89. The van der Waals surface area contributed by atoms with Crippen LogP contribution in [0.5, 0.6) is 5.75 Å². The molecule has 0 aliphatic heterocycles. The molecule has 0 bridgehead atoms. The number of carbonyl (C=O) groups excluding carboxylic acids is 1. The molecule has 0 saturated heterocycles. The number of benzene rings is 2. The van der Waals surface area contributed by atoms with Gasteiger partial charge < -0.3 is 10.0 Å². The largest absolute Gasteiger partial charge is 0.508 e. The number of rotatable bonds is 6. The summed E-state index contributed by atoms with van der Waals surface area (Å²) < 4.78 is 24.7. The second-order valence-corrected chi connectivity index (χ2v) is 9.12. The van der Waals surface area contributed by atoms with E-state index in [1.807, 2.05) is 40.0 Å². The monoisotopic (exact) mass is 417 g/mol. The van der Waals surface area contributed by atoms with Gasteiger partial charge in [0.15, 0.2) is 5.13 Å². The standard InChI is InChI=1S/C19H19N3O4S2/c1-13-17(18(24)21-28(2,25)26)20-19(27-13)22(12-14-6-4-3-5-7-14)15-8-10-16(23)11-9-15/h3-11,23H,12H2,1-2H3,(H,21,24). The van der Waals surface area contributed by atoms with E-state index in [2.05, 4.69) is 4.98 Å². The van der Waals surface area contributed by atoms with E-state index < -0.39 is 15.9 Å². The predicted molar refractivity (Wildman–Crippen MR) is 110 cm³/mol. The van der Waals surface area contributed by atoms with Gasteiger partial charge in [-0.3, -0.25) is 4.79 Å². The molecule has 0 unspecified atom stereocenters. The van der Waals surface area contributed by atoms with Crippen LogP contribution in [0, 0.1) is 6.92 Å². The Labute approximate surface area is 167 Å². The number of aryl methyl sites for hydroxylation is 1. The summed E-state index contributed by atoms with van der Waals surface area (Å²) in [5.41, 5.74) is 1.89. The molecule has 1 amide bonds. The first-order chi connectivity index (χ1) is 13.2. The highest BCUT2D eigenvalue weighted by Crippen LogP contribution is 2.33. The first-order valence-corrected chi connectivity index (χ1v) is 11.0. The van der Waals surface area contributed by atoms with E-state index in [1.54, 1.807) is 31.2 Å². The maximum atomic E-state index is 12.3. The van der Waals surface area contributed by atoms with Gasteiger partial charge >= 0.3 is 0 Å². The molecule has 0 radical (unpaired) electrons. The van der Waals surface area contributed by atoms with Crippen LogP contribution in [0.15, 0.2) is 54.6 Å². The first-order valence-electron chi connectivity index (χ1n) is 8.33. The Kier molecular flexibility index (Phi) is 5.66. The molecule has 28 heavy (non-hydrogen) atoms. The number of aromatic nitrogens is 1. The molecule has 1 aromatic heterocycles. The van der Waals surface area contributed by atoms with E-state index in [0.717, 1.165) is 17.5 Å². The van der Waals surface area contributed by atoms with Gasteiger partial charge in [-0.25, -0.2) is 18.1 Å². The zero-order valence-electron chi connectivity index (χ0n) is 15.3. The van der Waals surface area contributed by atoms with Gasteiger partial charge in [-0.05, 0) is 36.8 Å². The molecule has 0 aliphatic rings. The van der Waals surface area contributed by atoms with Crippen LogP contribution in [0.3, 0.4) is 0 Å². The highest BCUT2D eigenvalue weighted by atomic mass is 32.2. The Balaban J connectivity index is 1.99. The Morgan fingerprint density at radius 2 is 1.79 bits per heavy atom. The molecule has 9 heteroatoms. The van der Waals surface area contributed by atoms with E-state index in [0.29, 0.717) is 16.6 Å². The van der Waals surface area contributed by atoms with Gasteiger partial charge in [0.2, 0.25) is 10.0 Å². The lowest BCUT2D eigenvalue weighted by atomic mass is 10.2. The third kappa shape index (κ3) is 4.87. The molecule has 3 rings (SSSR count). The van der Waals surface area contributed by atoms with Crippen molar-refractivity contribution in [1.29, 1.82) is 0 Å². The number of phenolic OH excluding ortho intramolecular Hbond substituents is 1. The van der Waals surface area contributed by atoms with Crippen LogP contribution in [0.4, 0.5) is 10.8 Å². The molecule has 146 valence electrons. The maximum Gasteiger partial charge on any atom is 0.284 e. The first kappa shape index (κ1) is 19.8. The van der Waals surface area contributed by atoms with Crippen molar-refractivity contribution in [3.63, 3.8) is 0 Å². The summed E-state index contributed by atoms with van der Waals surface area (Å²) in [5, 5.41) is 10.1. The summed E-state index contributed by atoms with van der Waals surface area (Å²) in [5.74, 6) is -0.611. The highest BCUT2D eigenvalue weighted by Gasteiger charge is 2.22. The second-order valence-electron chi connectivity index (χ2n) is 6.19. The molecule has 0 fully saturated rings. The van der Waals surface area contributed by atoms with Crippen molar-refractivity contribution in [2.45, 2.75) is 13.5 Å². The predicted octanol–water partition coefficient (Wildman–Crippen LogP) is 3.18. The van der Waals surface area contributed by atoms with Crippen molar-refractivity contribution < 1.29 is 18.3 Å². The second kappa shape index (κ2) is 7.99. The van der Waals surface area contributed by atoms with Crippen LogP contribution in [-0.4, -0.2) is 30.7 Å². The van der Waals surface area contributed by atoms with Crippen molar-refractivity contribution in [2.24, 2.45) is 0 Å². The van der Waals surface area contributed by atoms with E-state index in [9.17, 15) is 18.3 Å². The summed E-state index contributed by atoms with van der Waals surface area (Å²) in [7, 11) is -3.68. The molecule has 3 aromatic rings. The summed E-state index contributed by atoms with van der Waals surface area (Å²) in [6.45, 7) is 2.21. The number of anilines is 2. The minimum absolute atomic E-state index is 0.0715. The van der Waals surface area contributed by atoms with E-state index in [-0.39, 0.29) is 11.4 Å². The van der Waals surface area contributed by atoms with Gasteiger partial charge in [0.25, 0.3) is 5.91 Å². The van der Waals surface area contributed by atoms with E-state index >= 15 is 0 Å². The zero-order valence-corrected chi connectivity index (χ0v) is 16.9. The Morgan fingerprint density at radius 1 is 1.14 bits per heavy atom. The van der Waals surface area contributed by atoms with Crippen molar-refractivity contribution in [1.82, 2.24) is 9.71 Å². The maximum absolute atomic E-state index is 12.3. The number of thiazole rings is 1. The van der Waals surface area contributed by atoms with E-state index in [4.69, 9.17) is 0 Å². The minimum atomic E-state index is -3.68. The number of nitrogens with one attached hydrogen (secondary N) is 1. The fourth-order valence-electron chi connectivity index (χ4n) is 2.59. The summed E-state index contributed by atoms with van der Waals surface area (Å²) in [4.78, 5) is 19.2. The van der Waals surface area contributed by atoms with Crippen LogP contribution in [0.25, 0.3) is 0 Å². The van der Waals surface area contributed by atoms with Gasteiger partial charge in [0.1, 0.15) is 11.4 Å². The molecular weight excluding hydrogens is 398 g/mol. The van der Waals surface area contributed by atoms with Gasteiger partial charge in [-0.2, -0.15) is 0 Å². The van der Waals surface area contributed by atoms with Gasteiger partial charge in [0.05, 0.1) is 12.8 Å². The van der Waals surface area contributed by atoms with Gasteiger partial charge in [-0.15, -0.1) is 11.3 Å². The van der Waals surface area contributed by atoms with Crippen LogP contribution in [0.2, 0.25) is 0 Å². The van der Waals surface area contributed by atoms with Crippen molar-refractivity contribution in [3.8, 4) is 5.75 Å². The molecule has 0 spiro atoms. The zero-order chi connectivity index (χ0) is 20.3. The molecule has 2 aromatic carbocycles. The van der Waals surface area contributed by atoms with Gasteiger partial charge in [0, 0.05) is 10.6 Å². The molecule has 0 saturated carbocycles. The smallest absolute Gasteiger partial charge is 0.284 e. The molecule has 1 heterocycles. The fourth-order valence-corrected chi connectivity index (χ4v) is 3.95. The average molecular weight is 418 g/mol. The third-order valence-corrected chi connectivity index (χ3v) is 5.40. The van der Waals surface area contributed by atoms with Crippen LogP contribution >= 0.6 is 11.3 Å². The van der Waals surface area contributed by atoms with Crippen LogP contribution in [-0.2, 0) is 16.6 Å². The molecule has 0 atom stereocenters. The van der Waals surface area contributed by atoms with Crippen LogP contribution in [0.1, 0.15) is 20.9 Å². The number of amides is 1. The number of hydrogen-bond donors (Lipinski definition) is 2. The Hall–Kier alpha value is -2.91. The molecule has 7 nitrogen and oxygen atoms in total. The quantitative estimate of drug-likeness (QED) is 0.639. The van der Waals surface area contributed by atoms with Crippen LogP contribution < -0.4 is 9.62 Å². The number of sulfonamides is 1. The lowest BCUT2D eigenvalue weighted by molar-refractivity contribution is 0.0977. The van der Waals surface area contributed by atoms with Crippen molar-refractivity contribution in [2.75, 3.05) is 11.2 Å². The average Bonchev–Trinajstić information content (AvgIpc) is 3.02.